The van der Waals surface area contributed by atoms with Crippen LogP contribution in [0.4, 0.5) is 5.69 Å². The summed E-state index contributed by atoms with van der Waals surface area (Å²) in [5.41, 5.74) is 2.34. The van der Waals surface area contributed by atoms with Crippen molar-refractivity contribution in [3.63, 3.8) is 0 Å². The fourth-order valence-electron chi connectivity index (χ4n) is 3.46. The van der Waals surface area contributed by atoms with Crippen LogP contribution in [-0.2, 0) is 11.8 Å². The lowest BCUT2D eigenvalue weighted by molar-refractivity contribution is -0.113. The van der Waals surface area contributed by atoms with E-state index in [1.54, 1.807) is 31.3 Å². The summed E-state index contributed by atoms with van der Waals surface area (Å²) < 4.78 is 1.51. The number of aryl methyl sites for hydroxylation is 1. The Balaban J connectivity index is 1.54. The first kappa shape index (κ1) is 24.4. The molecule has 0 unspecified atom stereocenters. The van der Waals surface area contributed by atoms with Crippen LogP contribution in [0, 0.1) is 0 Å². The van der Waals surface area contributed by atoms with Crippen molar-refractivity contribution in [1.82, 2.24) is 30.4 Å². The molecule has 2 aromatic carbocycles. The van der Waals surface area contributed by atoms with Crippen molar-refractivity contribution in [2.24, 2.45) is 7.05 Å². The number of nitrogens with zero attached hydrogens (tertiary/aromatic N) is 5. The van der Waals surface area contributed by atoms with Gasteiger partial charge in [-0.05, 0) is 53.3 Å². The summed E-state index contributed by atoms with van der Waals surface area (Å²) in [6.45, 7) is 6.54. The molecule has 10 heteroatoms. The molecule has 33 heavy (non-hydrogen) atoms. The molecule has 9 nitrogen and oxygen atoms in total. The SMILES string of the molecule is CCN(CC)[C@@H](CNC(=O)c1ccc(NC(=O)CSc2nnnn2C)cc1)c1ccccc1. The molecule has 0 radical (unpaired) electrons. The van der Waals surface area contributed by atoms with E-state index in [2.05, 4.69) is 57.0 Å². The summed E-state index contributed by atoms with van der Waals surface area (Å²) >= 11 is 1.25. The maximum atomic E-state index is 12.7. The normalized spacial score (nSPS) is 11.9. The monoisotopic (exact) mass is 467 g/mol. The lowest BCUT2D eigenvalue weighted by Crippen LogP contribution is -2.38. The Kier molecular flexibility index (Phi) is 8.96. The summed E-state index contributed by atoms with van der Waals surface area (Å²) in [6.07, 6.45) is 0. The summed E-state index contributed by atoms with van der Waals surface area (Å²) in [6, 6.07) is 17.2. The quantitative estimate of drug-likeness (QED) is 0.418. The third-order valence-corrected chi connectivity index (χ3v) is 6.25. The number of aromatic nitrogens is 4. The maximum Gasteiger partial charge on any atom is 0.251 e. The van der Waals surface area contributed by atoms with Gasteiger partial charge in [0.2, 0.25) is 11.1 Å². The van der Waals surface area contributed by atoms with Crippen molar-refractivity contribution in [2.75, 3.05) is 30.7 Å². The van der Waals surface area contributed by atoms with Gasteiger partial charge in [-0.2, -0.15) is 0 Å². The first-order chi connectivity index (χ1) is 16.0. The molecule has 1 heterocycles. The standard InChI is InChI=1S/C23H29N7O2S/c1-4-30(5-2)20(17-9-7-6-8-10-17)15-24-22(32)18-11-13-19(14-12-18)25-21(31)16-33-23-26-27-28-29(23)3/h6-14,20H,4-5,15-16H2,1-3H3,(H,24,32)(H,25,31)/t20-/m0/s1. The zero-order chi connectivity index (χ0) is 23.6. The van der Waals surface area contributed by atoms with Gasteiger partial charge in [-0.1, -0.05) is 55.9 Å². The van der Waals surface area contributed by atoms with Crippen molar-refractivity contribution < 1.29 is 9.59 Å². The molecule has 0 saturated heterocycles. The van der Waals surface area contributed by atoms with E-state index >= 15 is 0 Å². The number of carbonyl (C=O) groups excluding carboxylic acids is 2. The van der Waals surface area contributed by atoms with Gasteiger partial charge in [0, 0.05) is 24.8 Å². The van der Waals surface area contributed by atoms with Crippen LogP contribution in [0.25, 0.3) is 0 Å². The summed E-state index contributed by atoms with van der Waals surface area (Å²) in [7, 11) is 1.72. The Morgan fingerprint density at radius 3 is 2.36 bits per heavy atom. The first-order valence-corrected chi connectivity index (χ1v) is 11.8. The number of carbonyl (C=O) groups is 2. The molecule has 0 fully saturated rings. The molecule has 0 aliphatic carbocycles. The first-order valence-electron chi connectivity index (χ1n) is 10.8. The molecule has 0 saturated carbocycles. The number of thioether (sulfide) groups is 1. The highest BCUT2D eigenvalue weighted by Crippen LogP contribution is 2.20. The van der Waals surface area contributed by atoms with Gasteiger partial charge in [0.1, 0.15) is 0 Å². The number of nitrogens with one attached hydrogen (secondary N) is 2. The molecule has 1 aromatic heterocycles. The Hall–Kier alpha value is -3.24. The van der Waals surface area contributed by atoms with Gasteiger partial charge in [-0.3, -0.25) is 14.5 Å². The van der Waals surface area contributed by atoms with Crippen LogP contribution in [0.5, 0.6) is 0 Å². The van der Waals surface area contributed by atoms with E-state index in [-0.39, 0.29) is 23.6 Å². The smallest absolute Gasteiger partial charge is 0.251 e. The maximum absolute atomic E-state index is 12.7. The van der Waals surface area contributed by atoms with Crippen molar-refractivity contribution in [3.05, 3.63) is 65.7 Å². The van der Waals surface area contributed by atoms with E-state index in [9.17, 15) is 9.59 Å². The third kappa shape index (κ3) is 6.87. The number of benzene rings is 2. The van der Waals surface area contributed by atoms with E-state index in [4.69, 9.17) is 0 Å². The minimum atomic E-state index is -0.176. The Morgan fingerprint density at radius 2 is 1.76 bits per heavy atom. The molecular weight excluding hydrogens is 438 g/mol. The van der Waals surface area contributed by atoms with Crippen molar-refractivity contribution in [2.45, 2.75) is 25.0 Å². The predicted molar refractivity (Wildman–Crippen MR) is 129 cm³/mol. The Labute approximate surface area is 197 Å². The van der Waals surface area contributed by atoms with Crippen molar-refractivity contribution in [3.8, 4) is 0 Å². The van der Waals surface area contributed by atoms with Gasteiger partial charge in [0.25, 0.3) is 5.91 Å². The fourth-order valence-corrected chi connectivity index (χ4v) is 4.11. The number of tetrazole rings is 1. The lowest BCUT2D eigenvalue weighted by atomic mass is 10.0. The van der Waals surface area contributed by atoms with Gasteiger partial charge >= 0.3 is 0 Å². The third-order valence-electron chi connectivity index (χ3n) is 5.24. The van der Waals surface area contributed by atoms with Crippen LogP contribution in [0.15, 0.2) is 59.8 Å². The zero-order valence-corrected chi connectivity index (χ0v) is 19.9. The second kappa shape index (κ2) is 12.1. The van der Waals surface area contributed by atoms with Crippen LogP contribution in [0.1, 0.15) is 35.8 Å². The molecule has 0 spiro atoms. The highest BCUT2D eigenvalue weighted by Gasteiger charge is 2.19. The lowest BCUT2D eigenvalue weighted by Gasteiger charge is -2.30. The molecule has 174 valence electrons. The molecule has 1 atom stereocenters. The number of likely N-dealkylation sites (N-methyl/N-ethyl adjacent to an activating group) is 1. The van der Waals surface area contributed by atoms with Crippen molar-refractivity contribution >= 4 is 29.3 Å². The molecular formula is C23H29N7O2S. The highest BCUT2D eigenvalue weighted by atomic mass is 32.2. The molecule has 2 N–H and O–H groups in total. The van der Waals surface area contributed by atoms with Crippen LogP contribution in [0.3, 0.4) is 0 Å². The molecule has 0 aliphatic heterocycles. The van der Waals surface area contributed by atoms with Gasteiger partial charge in [0.15, 0.2) is 0 Å². The largest absolute Gasteiger partial charge is 0.350 e. The minimum Gasteiger partial charge on any atom is -0.350 e. The molecule has 3 rings (SSSR count). The van der Waals surface area contributed by atoms with Gasteiger partial charge in [-0.15, -0.1) is 5.10 Å². The summed E-state index contributed by atoms with van der Waals surface area (Å²) in [4.78, 5) is 27.2. The van der Waals surface area contributed by atoms with E-state index < -0.39 is 0 Å². The van der Waals surface area contributed by atoms with Crippen LogP contribution < -0.4 is 10.6 Å². The summed E-state index contributed by atoms with van der Waals surface area (Å²) in [5.74, 6) is -0.140. The number of hydrogen-bond acceptors (Lipinski definition) is 7. The average molecular weight is 468 g/mol. The second-order valence-corrected chi connectivity index (χ2v) is 8.30. The van der Waals surface area contributed by atoms with Crippen LogP contribution in [-0.4, -0.2) is 62.3 Å². The van der Waals surface area contributed by atoms with E-state index in [0.29, 0.717) is 23.0 Å². The second-order valence-electron chi connectivity index (χ2n) is 7.36. The van der Waals surface area contributed by atoms with Gasteiger partial charge in [-0.25, -0.2) is 4.68 Å². The number of anilines is 1. The van der Waals surface area contributed by atoms with Crippen LogP contribution >= 0.6 is 11.8 Å². The molecule has 0 bridgehead atoms. The average Bonchev–Trinajstić information content (AvgIpc) is 3.26. The molecule has 3 aromatic rings. The van der Waals surface area contributed by atoms with Gasteiger partial charge in [0.05, 0.1) is 11.8 Å². The van der Waals surface area contributed by atoms with E-state index in [1.165, 1.54) is 22.0 Å². The van der Waals surface area contributed by atoms with Gasteiger partial charge < -0.3 is 10.6 Å². The fraction of sp³-hybridized carbons (Fsp3) is 0.348. The highest BCUT2D eigenvalue weighted by molar-refractivity contribution is 7.99. The number of rotatable bonds is 11. The number of amides is 2. The van der Waals surface area contributed by atoms with E-state index in [1.807, 2.05) is 18.2 Å². The number of hydrogen-bond donors (Lipinski definition) is 2. The van der Waals surface area contributed by atoms with Crippen molar-refractivity contribution in [1.29, 1.82) is 0 Å². The van der Waals surface area contributed by atoms with Crippen LogP contribution in [0.2, 0.25) is 0 Å². The Bertz CT molecular complexity index is 1040. The molecule has 0 aliphatic rings. The molecule has 2 amide bonds. The minimum absolute atomic E-state index is 0.102. The predicted octanol–water partition coefficient (Wildman–Crippen LogP) is 2.75. The summed E-state index contributed by atoms with van der Waals surface area (Å²) in [5, 5.41) is 17.5. The topological polar surface area (TPSA) is 105 Å². The van der Waals surface area contributed by atoms with E-state index in [0.717, 1.165) is 13.1 Å². The zero-order valence-electron chi connectivity index (χ0n) is 19.1. The Morgan fingerprint density at radius 1 is 1.06 bits per heavy atom.